The summed E-state index contributed by atoms with van der Waals surface area (Å²) in [7, 11) is 0. The molecular formula is C42H69FN2O2. The first kappa shape index (κ1) is 35.6. The number of alkyl halides is 1. The van der Waals surface area contributed by atoms with Crippen molar-refractivity contribution in [2.75, 3.05) is 32.9 Å². The summed E-state index contributed by atoms with van der Waals surface area (Å²) in [6.07, 6.45) is 22.0. The number of carboxylic acid groups (broad SMARTS) is 1. The van der Waals surface area contributed by atoms with E-state index in [-0.39, 0.29) is 10.8 Å². The number of hydrogen-bond donors (Lipinski definition) is 2. The maximum Gasteiger partial charge on any atom is 0.312 e. The third kappa shape index (κ3) is 5.44. The summed E-state index contributed by atoms with van der Waals surface area (Å²) in [6, 6.07) is 0. The zero-order valence-corrected chi connectivity index (χ0v) is 31.3. The quantitative estimate of drug-likeness (QED) is 0.233. The minimum Gasteiger partial charge on any atom is -0.481 e. The summed E-state index contributed by atoms with van der Waals surface area (Å²) in [6.45, 7) is 21.8. The number of hydrogen-bond acceptors (Lipinski definition) is 3. The average molecular weight is 653 g/mol. The maximum absolute atomic E-state index is 13.9. The van der Waals surface area contributed by atoms with Crippen LogP contribution in [-0.4, -0.2) is 54.4 Å². The smallest absolute Gasteiger partial charge is 0.312 e. The van der Waals surface area contributed by atoms with Crippen molar-refractivity contribution in [3.8, 4) is 0 Å². The molecular weight excluding hydrogens is 583 g/mol. The van der Waals surface area contributed by atoms with E-state index in [0.717, 1.165) is 30.7 Å². The van der Waals surface area contributed by atoms with Crippen LogP contribution in [0.3, 0.4) is 0 Å². The SMILES string of the molecule is CCCN(CCC)CCNC12CCC[C@@H]1C1CC[C@@H]3C4(C)CC=C(C5=CC[C@](CF)(C(=O)O)CC5)C(C)(C)C4CCC3(C)[C@]1(C)CC2. The second kappa shape index (κ2) is 12.8. The zero-order chi connectivity index (χ0) is 33.9. The molecule has 9 atom stereocenters. The van der Waals surface area contributed by atoms with Gasteiger partial charge in [0.05, 0.1) is 5.41 Å². The van der Waals surface area contributed by atoms with Gasteiger partial charge < -0.3 is 15.3 Å². The summed E-state index contributed by atoms with van der Waals surface area (Å²) in [4.78, 5) is 14.6. The summed E-state index contributed by atoms with van der Waals surface area (Å²) >= 11 is 0. The van der Waals surface area contributed by atoms with Crippen molar-refractivity contribution < 1.29 is 14.3 Å². The van der Waals surface area contributed by atoms with Gasteiger partial charge in [-0.1, -0.05) is 67.0 Å². The first-order chi connectivity index (χ1) is 22.3. The molecule has 0 aromatic heterocycles. The number of fused-ring (bicyclic) bond motifs is 7. The monoisotopic (exact) mass is 653 g/mol. The minimum absolute atomic E-state index is 0.0391. The third-order valence-corrected chi connectivity index (χ3v) is 16.6. The van der Waals surface area contributed by atoms with Gasteiger partial charge in [-0.25, -0.2) is 4.39 Å². The molecule has 6 aliphatic carbocycles. The second-order valence-corrected chi connectivity index (χ2v) is 18.8. The first-order valence-corrected chi connectivity index (χ1v) is 19.9. The third-order valence-electron chi connectivity index (χ3n) is 16.6. The Balaban J connectivity index is 1.22. The van der Waals surface area contributed by atoms with Gasteiger partial charge >= 0.3 is 5.97 Å². The molecule has 6 aliphatic rings. The van der Waals surface area contributed by atoms with Gasteiger partial charge in [-0.2, -0.15) is 0 Å². The van der Waals surface area contributed by atoms with Gasteiger partial charge in [0.2, 0.25) is 0 Å². The summed E-state index contributed by atoms with van der Waals surface area (Å²) in [5, 5.41) is 14.1. The van der Waals surface area contributed by atoms with E-state index in [9.17, 15) is 14.3 Å². The number of allylic oxidation sites excluding steroid dienone is 4. The number of carbonyl (C=O) groups is 1. The van der Waals surface area contributed by atoms with Crippen LogP contribution in [0.2, 0.25) is 0 Å². The van der Waals surface area contributed by atoms with Crippen LogP contribution in [0, 0.1) is 50.7 Å². The van der Waals surface area contributed by atoms with Crippen LogP contribution >= 0.6 is 0 Å². The molecule has 0 amide bonds. The van der Waals surface area contributed by atoms with Crippen molar-refractivity contribution in [3.05, 3.63) is 23.3 Å². The van der Waals surface area contributed by atoms with Crippen LogP contribution < -0.4 is 5.32 Å². The lowest BCUT2D eigenvalue weighted by Crippen LogP contribution is -2.67. The second-order valence-electron chi connectivity index (χ2n) is 18.8. The van der Waals surface area contributed by atoms with E-state index in [4.69, 9.17) is 0 Å². The predicted octanol–water partition coefficient (Wildman–Crippen LogP) is 9.99. The molecule has 0 aromatic rings. The van der Waals surface area contributed by atoms with Gasteiger partial charge in [0.25, 0.3) is 0 Å². The Labute approximate surface area is 287 Å². The zero-order valence-electron chi connectivity index (χ0n) is 31.3. The van der Waals surface area contributed by atoms with Gasteiger partial charge in [-0.15, -0.1) is 0 Å². The molecule has 0 bridgehead atoms. The Morgan fingerprint density at radius 1 is 0.851 bits per heavy atom. The van der Waals surface area contributed by atoms with Gasteiger partial charge in [0.1, 0.15) is 6.67 Å². The van der Waals surface area contributed by atoms with E-state index in [0.29, 0.717) is 41.5 Å². The average Bonchev–Trinajstić information content (AvgIpc) is 3.45. The number of rotatable bonds is 11. The van der Waals surface area contributed by atoms with E-state index in [1.54, 1.807) is 0 Å². The van der Waals surface area contributed by atoms with Crippen LogP contribution in [-0.2, 0) is 4.79 Å². The number of nitrogens with one attached hydrogen (secondary N) is 1. The molecule has 2 N–H and O–H groups in total. The summed E-state index contributed by atoms with van der Waals surface area (Å²) < 4.78 is 13.9. The molecule has 266 valence electrons. The standard InChI is InChI=1S/C42H69FN2O2/c1-8-26-45(27-9-2)28-25-44-42-18-10-11-33(42)32-12-13-35-38(5)19-16-31(30-14-21-41(29-43,22-15-30)36(46)47)37(3,4)34(38)17-20-40(35,7)39(32,6)23-24-42/h14,16,32-35,44H,8-13,15,17-29H2,1-7H3,(H,46,47)/t32?,33-,34?,35-,38?,39-,40?,41+,42?/m1/s1. The topological polar surface area (TPSA) is 52.6 Å². The molecule has 0 heterocycles. The predicted molar refractivity (Wildman–Crippen MR) is 192 cm³/mol. The molecule has 5 heteroatoms. The highest BCUT2D eigenvalue weighted by Crippen LogP contribution is 2.76. The van der Waals surface area contributed by atoms with Crippen molar-refractivity contribution in [1.29, 1.82) is 0 Å². The highest BCUT2D eigenvalue weighted by atomic mass is 19.1. The fourth-order valence-corrected chi connectivity index (χ4v) is 14.0. The fraction of sp³-hybridized carbons (Fsp3) is 0.881. The molecule has 0 spiro atoms. The summed E-state index contributed by atoms with van der Waals surface area (Å²) in [5.41, 5.74) is 2.95. The number of aliphatic carboxylic acids is 1. The Hall–Kier alpha value is -1.20. The Kier molecular flexibility index (Phi) is 9.73. The molecule has 47 heavy (non-hydrogen) atoms. The largest absolute Gasteiger partial charge is 0.481 e. The molecule has 6 rings (SSSR count). The summed E-state index contributed by atoms with van der Waals surface area (Å²) in [5.74, 6) is 2.03. The lowest BCUT2D eigenvalue weighted by Gasteiger charge is -2.72. The van der Waals surface area contributed by atoms with Crippen molar-refractivity contribution >= 4 is 5.97 Å². The van der Waals surface area contributed by atoms with E-state index >= 15 is 0 Å². The van der Waals surface area contributed by atoms with Gasteiger partial charge in [-0.3, -0.25) is 4.79 Å². The van der Waals surface area contributed by atoms with Gasteiger partial charge in [0.15, 0.2) is 0 Å². The van der Waals surface area contributed by atoms with E-state index in [1.807, 2.05) is 0 Å². The van der Waals surface area contributed by atoms with Crippen LogP contribution in [0.4, 0.5) is 4.39 Å². The molecule has 0 aliphatic heterocycles. The molecule has 0 saturated heterocycles. The molecule has 0 aromatic carbocycles. The lowest BCUT2D eigenvalue weighted by atomic mass is 9.33. The lowest BCUT2D eigenvalue weighted by molar-refractivity contribution is -0.218. The van der Waals surface area contributed by atoms with Crippen LogP contribution in [0.25, 0.3) is 0 Å². The number of carboxylic acids is 1. The highest BCUT2D eigenvalue weighted by molar-refractivity contribution is 5.75. The van der Waals surface area contributed by atoms with Crippen LogP contribution in [0.5, 0.6) is 0 Å². The molecule has 4 nitrogen and oxygen atoms in total. The fourth-order valence-electron chi connectivity index (χ4n) is 14.0. The van der Waals surface area contributed by atoms with E-state index < -0.39 is 18.1 Å². The van der Waals surface area contributed by atoms with Gasteiger partial charge in [0, 0.05) is 18.6 Å². The molecule has 0 radical (unpaired) electrons. The van der Waals surface area contributed by atoms with Gasteiger partial charge in [-0.05, 0) is 159 Å². The van der Waals surface area contributed by atoms with Crippen molar-refractivity contribution in [1.82, 2.24) is 10.2 Å². The minimum atomic E-state index is -1.23. The Morgan fingerprint density at radius 3 is 2.23 bits per heavy atom. The van der Waals surface area contributed by atoms with Crippen LogP contribution in [0.1, 0.15) is 145 Å². The van der Waals surface area contributed by atoms with Crippen molar-refractivity contribution in [2.24, 2.45) is 50.7 Å². The van der Waals surface area contributed by atoms with E-state index in [2.05, 4.69) is 70.8 Å². The molecule has 4 saturated carbocycles. The van der Waals surface area contributed by atoms with Crippen molar-refractivity contribution in [3.63, 3.8) is 0 Å². The Bertz CT molecular complexity index is 1240. The van der Waals surface area contributed by atoms with Crippen LogP contribution in [0.15, 0.2) is 23.3 Å². The highest BCUT2D eigenvalue weighted by Gasteiger charge is 2.69. The first-order valence-electron chi connectivity index (χ1n) is 19.9. The number of nitrogens with zero attached hydrogens (tertiary/aromatic N) is 1. The Morgan fingerprint density at radius 2 is 1.60 bits per heavy atom. The number of halogens is 1. The van der Waals surface area contributed by atoms with E-state index in [1.165, 1.54) is 101 Å². The van der Waals surface area contributed by atoms with Crippen molar-refractivity contribution in [2.45, 2.75) is 150 Å². The molecule has 5 unspecified atom stereocenters. The molecule has 4 fully saturated rings. The normalized spacial score (nSPS) is 44.1. The maximum atomic E-state index is 13.9.